The predicted octanol–water partition coefficient (Wildman–Crippen LogP) is 2.75. The molecular weight excluding hydrogens is 273 g/mol. The van der Waals surface area contributed by atoms with Crippen LogP contribution in [-0.2, 0) is 15.7 Å². The first-order valence-corrected chi connectivity index (χ1v) is 5.93. The molecule has 4 nitrogen and oxygen atoms in total. The van der Waals surface area contributed by atoms with E-state index in [1.165, 1.54) is 13.2 Å². The summed E-state index contributed by atoms with van der Waals surface area (Å²) in [5.41, 5.74) is -0.167. The molecule has 112 valence electrons. The van der Waals surface area contributed by atoms with Gasteiger partial charge < -0.3 is 15.0 Å². The fourth-order valence-corrected chi connectivity index (χ4v) is 1.61. The van der Waals surface area contributed by atoms with Gasteiger partial charge in [-0.15, -0.1) is 0 Å². The van der Waals surface area contributed by atoms with Crippen molar-refractivity contribution in [1.82, 2.24) is 0 Å². The molecule has 0 fully saturated rings. The Morgan fingerprint density at radius 1 is 1.35 bits per heavy atom. The number of benzene rings is 1. The van der Waals surface area contributed by atoms with Crippen LogP contribution in [0.15, 0.2) is 18.2 Å². The molecule has 0 saturated heterocycles. The Morgan fingerprint density at radius 3 is 2.50 bits per heavy atom. The summed E-state index contributed by atoms with van der Waals surface area (Å²) < 4.78 is 42.8. The second-order valence-corrected chi connectivity index (χ2v) is 4.42. The third-order valence-electron chi connectivity index (χ3n) is 2.61. The molecule has 1 rings (SSSR count). The molecule has 0 aliphatic heterocycles. The van der Waals surface area contributed by atoms with Crippen molar-refractivity contribution in [2.75, 3.05) is 38.0 Å². The van der Waals surface area contributed by atoms with E-state index in [0.717, 1.165) is 12.1 Å². The quantitative estimate of drug-likeness (QED) is 0.906. The van der Waals surface area contributed by atoms with Gasteiger partial charge in [0, 0.05) is 21.2 Å². The predicted molar refractivity (Wildman–Crippen MR) is 70.9 cm³/mol. The van der Waals surface area contributed by atoms with Crippen molar-refractivity contribution in [2.45, 2.75) is 12.6 Å². The van der Waals surface area contributed by atoms with Gasteiger partial charge in [-0.3, -0.25) is 4.79 Å². The van der Waals surface area contributed by atoms with Crippen LogP contribution in [0.5, 0.6) is 0 Å². The number of hydrogen-bond donors (Lipinski definition) is 1. The summed E-state index contributed by atoms with van der Waals surface area (Å²) >= 11 is 0. The molecule has 0 unspecified atom stereocenters. The lowest BCUT2D eigenvalue weighted by molar-refractivity contribution is -0.137. The van der Waals surface area contributed by atoms with Crippen LogP contribution >= 0.6 is 0 Å². The molecule has 0 bridgehead atoms. The van der Waals surface area contributed by atoms with E-state index in [-0.39, 0.29) is 18.7 Å². The van der Waals surface area contributed by atoms with Gasteiger partial charge in [0.1, 0.15) is 0 Å². The van der Waals surface area contributed by atoms with E-state index < -0.39 is 17.6 Å². The maximum absolute atomic E-state index is 12.7. The van der Waals surface area contributed by atoms with Crippen molar-refractivity contribution < 1.29 is 22.7 Å². The second-order valence-electron chi connectivity index (χ2n) is 4.42. The van der Waals surface area contributed by atoms with Crippen LogP contribution in [0.3, 0.4) is 0 Å². The highest BCUT2D eigenvalue weighted by atomic mass is 19.4. The van der Waals surface area contributed by atoms with Crippen molar-refractivity contribution in [1.29, 1.82) is 0 Å². The Balaban J connectivity index is 3.03. The molecule has 0 spiro atoms. The van der Waals surface area contributed by atoms with E-state index in [4.69, 9.17) is 4.74 Å². The van der Waals surface area contributed by atoms with E-state index in [1.807, 2.05) is 0 Å². The normalized spacial score (nSPS) is 11.3. The molecule has 1 aromatic carbocycles. The summed E-state index contributed by atoms with van der Waals surface area (Å²) in [5, 5.41) is 2.48. The zero-order valence-corrected chi connectivity index (χ0v) is 11.5. The first-order valence-electron chi connectivity index (χ1n) is 5.93. The topological polar surface area (TPSA) is 41.6 Å². The molecule has 0 saturated carbocycles. The van der Waals surface area contributed by atoms with Crippen molar-refractivity contribution in [2.24, 2.45) is 0 Å². The molecule has 7 heteroatoms. The van der Waals surface area contributed by atoms with Crippen LogP contribution in [0.1, 0.15) is 12.0 Å². The number of halogens is 3. The summed E-state index contributed by atoms with van der Waals surface area (Å²) in [6.45, 7) is 0.210. The SMILES string of the molecule is COCCC(=O)Nc1cc(C(F)(F)F)ccc1N(C)C. The number of hydrogen-bond acceptors (Lipinski definition) is 3. The first-order chi connectivity index (χ1) is 9.25. The van der Waals surface area contributed by atoms with Gasteiger partial charge in [-0.05, 0) is 18.2 Å². The van der Waals surface area contributed by atoms with Crippen molar-refractivity contribution in [3.8, 4) is 0 Å². The molecule has 0 radical (unpaired) electrons. The molecule has 0 heterocycles. The maximum atomic E-state index is 12.7. The monoisotopic (exact) mass is 290 g/mol. The number of methoxy groups -OCH3 is 1. The van der Waals surface area contributed by atoms with E-state index in [9.17, 15) is 18.0 Å². The Morgan fingerprint density at radius 2 is 2.00 bits per heavy atom. The van der Waals surface area contributed by atoms with Crippen molar-refractivity contribution in [3.05, 3.63) is 23.8 Å². The maximum Gasteiger partial charge on any atom is 0.416 e. The van der Waals surface area contributed by atoms with Gasteiger partial charge in [0.25, 0.3) is 0 Å². The average Bonchev–Trinajstić information content (AvgIpc) is 2.34. The summed E-state index contributed by atoms with van der Waals surface area (Å²) in [6.07, 6.45) is -4.36. The molecule has 1 N–H and O–H groups in total. The van der Waals surface area contributed by atoms with Crippen LogP contribution in [-0.4, -0.2) is 33.7 Å². The van der Waals surface area contributed by atoms with Gasteiger partial charge in [-0.1, -0.05) is 0 Å². The minimum atomic E-state index is -4.45. The molecule has 20 heavy (non-hydrogen) atoms. The molecule has 0 aromatic heterocycles. The van der Waals surface area contributed by atoms with Gasteiger partial charge >= 0.3 is 6.18 Å². The van der Waals surface area contributed by atoms with E-state index in [2.05, 4.69) is 5.32 Å². The zero-order chi connectivity index (χ0) is 15.3. The Kier molecular flexibility index (Phi) is 5.38. The number of amides is 1. The third kappa shape index (κ3) is 4.41. The van der Waals surface area contributed by atoms with Crippen molar-refractivity contribution >= 4 is 17.3 Å². The molecule has 0 aliphatic rings. The fourth-order valence-electron chi connectivity index (χ4n) is 1.61. The number of anilines is 2. The summed E-state index contributed by atoms with van der Waals surface area (Å²) in [5.74, 6) is -0.394. The lowest BCUT2D eigenvalue weighted by atomic mass is 10.1. The van der Waals surface area contributed by atoms with Crippen LogP contribution in [0.4, 0.5) is 24.5 Å². The number of ether oxygens (including phenoxy) is 1. The lowest BCUT2D eigenvalue weighted by Gasteiger charge is -2.19. The number of rotatable bonds is 5. The Labute approximate surface area is 115 Å². The van der Waals surface area contributed by atoms with E-state index >= 15 is 0 Å². The highest BCUT2D eigenvalue weighted by Gasteiger charge is 2.31. The number of nitrogens with one attached hydrogen (secondary N) is 1. The van der Waals surface area contributed by atoms with Gasteiger partial charge in [0.05, 0.1) is 30.0 Å². The van der Waals surface area contributed by atoms with Crippen molar-refractivity contribution in [3.63, 3.8) is 0 Å². The van der Waals surface area contributed by atoms with Gasteiger partial charge in [0.15, 0.2) is 0 Å². The van der Waals surface area contributed by atoms with E-state index in [0.29, 0.717) is 5.69 Å². The highest BCUT2D eigenvalue weighted by Crippen LogP contribution is 2.34. The molecular formula is C13H17F3N2O2. The Hall–Kier alpha value is -1.76. The number of carbonyl (C=O) groups excluding carboxylic acids is 1. The highest BCUT2D eigenvalue weighted by molar-refractivity contribution is 5.94. The third-order valence-corrected chi connectivity index (χ3v) is 2.61. The Bertz CT molecular complexity index is 473. The van der Waals surface area contributed by atoms with Crippen LogP contribution in [0.25, 0.3) is 0 Å². The lowest BCUT2D eigenvalue weighted by Crippen LogP contribution is -2.18. The standard InChI is InChI=1S/C13H17F3N2O2/c1-18(2)11-5-4-9(13(14,15)16)8-10(11)17-12(19)6-7-20-3/h4-5,8H,6-7H2,1-3H3,(H,17,19). The molecule has 0 atom stereocenters. The number of alkyl halides is 3. The summed E-state index contributed by atoms with van der Waals surface area (Å²) in [6, 6.07) is 3.24. The minimum absolute atomic E-state index is 0.0830. The zero-order valence-electron chi connectivity index (χ0n) is 11.5. The summed E-state index contributed by atoms with van der Waals surface area (Å²) in [4.78, 5) is 13.2. The average molecular weight is 290 g/mol. The number of nitrogens with zero attached hydrogens (tertiary/aromatic N) is 1. The smallest absolute Gasteiger partial charge is 0.384 e. The van der Waals surface area contributed by atoms with Crippen LogP contribution in [0, 0.1) is 0 Å². The van der Waals surface area contributed by atoms with Crippen LogP contribution in [0.2, 0.25) is 0 Å². The largest absolute Gasteiger partial charge is 0.416 e. The molecule has 1 amide bonds. The van der Waals surface area contributed by atoms with Crippen LogP contribution < -0.4 is 10.2 Å². The second kappa shape index (κ2) is 6.60. The summed E-state index contributed by atoms with van der Waals surface area (Å²) in [7, 11) is 4.82. The fraction of sp³-hybridized carbons (Fsp3) is 0.462. The van der Waals surface area contributed by atoms with Gasteiger partial charge in [-0.25, -0.2) is 0 Å². The first kappa shape index (κ1) is 16.3. The van der Waals surface area contributed by atoms with Gasteiger partial charge in [0.2, 0.25) is 5.91 Å². The molecule has 1 aromatic rings. The van der Waals surface area contributed by atoms with E-state index in [1.54, 1.807) is 19.0 Å². The number of carbonyl (C=O) groups is 1. The molecule has 0 aliphatic carbocycles. The minimum Gasteiger partial charge on any atom is -0.384 e. The van der Waals surface area contributed by atoms with Gasteiger partial charge in [-0.2, -0.15) is 13.2 Å².